The molecular formula is C15H11BrN2O. The minimum absolute atomic E-state index is 0.0453. The van der Waals surface area contributed by atoms with E-state index in [9.17, 15) is 4.79 Å². The molecule has 0 saturated carbocycles. The second kappa shape index (κ2) is 4.63. The molecule has 0 spiro atoms. The molecule has 0 aliphatic carbocycles. The predicted molar refractivity (Wildman–Crippen MR) is 79.8 cm³/mol. The molecule has 0 radical (unpaired) electrons. The van der Waals surface area contributed by atoms with Crippen LogP contribution in [-0.4, -0.2) is 9.55 Å². The molecule has 2 aromatic carbocycles. The summed E-state index contributed by atoms with van der Waals surface area (Å²) in [7, 11) is 0. The van der Waals surface area contributed by atoms with E-state index in [4.69, 9.17) is 0 Å². The summed E-state index contributed by atoms with van der Waals surface area (Å²) < 4.78 is 2.54. The molecule has 0 fully saturated rings. The molecule has 4 heteroatoms. The lowest BCUT2D eigenvalue weighted by molar-refractivity contribution is 0.961. The van der Waals surface area contributed by atoms with Crippen molar-refractivity contribution in [3.8, 4) is 5.69 Å². The molecule has 0 atom stereocenters. The van der Waals surface area contributed by atoms with Gasteiger partial charge in [-0.2, -0.15) is 0 Å². The van der Waals surface area contributed by atoms with Crippen molar-refractivity contribution in [1.29, 1.82) is 0 Å². The van der Waals surface area contributed by atoms with Crippen molar-refractivity contribution < 1.29 is 0 Å². The van der Waals surface area contributed by atoms with Crippen molar-refractivity contribution in [2.75, 3.05) is 0 Å². The minimum Gasteiger partial charge on any atom is -0.268 e. The van der Waals surface area contributed by atoms with Gasteiger partial charge in [0.15, 0.2) is 0 Å². The number of fused-ring (bicyclic) bond motifs is 1. The zero-order valence-electron chi connectivity index (χ0n) is 10.3. The van der Waals surface area contributed by atoms with Crippen molar-refractivity contribution in [1.82, 2.24) is 9.55 Å². The topological polar surface area (TPSA) is 34.9 Å². The molecule has 3 rings (SSSR count). The zero-order valence-corrected chi connectivity index (χ0v) is 11.9. The van der Waals surface area contributed by atoms with Gasteiger partial charge in [-0.3, -0.25) is 9.36 Å². The normalized spacial score (nSPS) is 10.8. The molecule has 94 valence electrons. The third-order valence-corrected chi connectivity index (χ3v) is 3.62. The molecule has 0 saturated heterocycles. The number of para-hydroxylation sites is 1. The molecule has 0 aliphatic heterocycles. The summed E-state index contributed by atoms with van der Waals surface area (Å²) in [5.74, 6) is 0. The summed E-state index contributed by atoms with van der Waals surface area (Å²) >= 11 is 3.38. The van der Waals surface area contributed by atoms with E-state index < -0.39 is 0 Å². The summed E-state index contributed by atoms with van der Waals surface area (Å²) in [6.07, 6.45) is 1.58. The minimum atomic E-state index is -0.0453. The Morgan fingerprint density at radius 3 is 2.58 bits per heavy atom. The number of benzene rings is 2. The molecule has 3 aromatic rings. The largest absolute Gasteiger partial charge is 0.268 e. The fourth-order valence-electron chi connectivity index (χ4n) is 2.09. The van der Waals surface area contributed by atoms with Crippen LogP contribution in [0.5, 0.6) is 0 Å². The molecule has 1 aromatic heterocycles. The Bertz CT molecular complexity index is 806. The van der Waals surface area contributed by atoms with Crippen LogP contribution in [-0.2, 0) is 0 Å². The average Bonchev–Trinajstić information content (AvgIpc) is 2.42. The molecule has 0 amide bonds. The van der Waals surface area contributed by atoms with Crippen LogP contribution < -0.4 is 5.56 Å². The quantitative estimate of drug-likeness (QED) is 0.689. The summed E-state index contributed by atoms with van der Waals surface area (Å²) in [6.45, 7) is 1.96. The SMILES string of the molecule is Cc1cccc2c(=O)n(-c3ccc(Br)cc3)cnc12. The first kappa shape index (κ1) is 12.1. The van der Waals surface area contributed by atoms with Crippen molar-refractivity contribution in [3.63, 3.8) is 0 Å². The van der Waals surface area contributed by atoms with Crippen LogP contribution in [0.3, 0.4) is 0 Å². The number of rotatable bonds is 1. The first-order valence-electron chi connectivity index (χ1n) is 5.90. The lowest BCUT2D eigenvalue weighted by Gasteiger charge is -2.07. The summed E-state index contributed by atoms with van der Waals surface area (Å²) in [6, 6.07) is 13.2. The fraction of sp³-hybridized carbons (Fsp3) is 0.0667. The Morgan fingerprint density at radius 2 is 1.84 bits per heavy atom. The van der Waals surface area contributed by atoms with Gasteiger partial charge in [0.05, 0.1) is 16.6 Å². The number of hydrogen-bond acceptors (Lipinski definition) is 2. The van der Waals surface area contributed by atoms with Crippen molar-refractivity contribution in [2.45, 2.75) is 6.92 Å². The molecule has 0 aliphatic rings. The average molecular weight is 315 g/mol. The van der Waals surface area contributed by atoms with Crippen molar-refractivity contribution >= 4 is 26.8 Å². The van der Waals surface area contributed by atoms with Crippen LogP contribution >= 0.6 is 15.9 Å². The summed E-state index contributed by atoms with van der Waals surface area (Å²) in [4.78, 5) is 16.9. The Labute approximate surface area is 118 Å². The monoisotopic (exact) mass is 314 g/mol. The van der Waals surface area contributed by atoms with E-state index >= 15 is 0 Å². The first-order chi connectivity index (χ1) is 9.16. The third kappa shape index (κ3) is 2.08. The number of halogens is 1. The highest BCUT2D eigenvalue weighted by Crippen LogP contribution is 2.15. The second-order valence-electron chi connectivity index (χ2n) is 4.37. The van der Waals surface area contributed by atoms with Crippen molar-refractivity contribution in [3.05, 3.63) is 69.2 Å². The maximum absolute atomic E-state index is 12.5. The molecule has 3 nitrogen and oxygen atoms in total. The molecule has 0 unspecified atom stereocenters. The highest BCUT2D eigenvalue weighted by atomic mass is 79.9. The Kier molecular flexibility index (Phi) is 2.95. The van der Waals surface area contributed by atoms with E-state index in [0.717, 1.165) is 21.2 Å². The van der Waals surface area contributed by atoms with E-state index in [2.05, 4.69) is 20.9 Å². The van der Waals surface area contributed by atoms with Gasteiger partial charge in [-0.05, 0) is 42.8 Å². The van der Waals surface area contributed by atoms with E-state index in [1.807, 2.05) is 49.4 Å². The number of nitrogens with zero attached hydrogens (tertiary/aromatic N) is 2. The van der Waals surface area contributed by atoms with Crippen LogP contribution in [0.15, 0.2) is 58.1 Å². The van der Waals surface area contributed by atoms with E-state index in [0.29, 0.717) is 5.39 Å². The van der Waals surface area contributed by atoms with E-state index in [1.54, 1.807) is 10.9 Å². The predicted octanol–water partition coefficient (Wildman–Crippen LogP) is 3.46. The number of aryl methyl sites for hydroxylation is 1. The number of hydrogen-bond donors (Lipinski definition) is 0. The van der Waals surface area contributed by atoms with Crippen LogP contribution in [0.2, 0.25) is 0 Å². The molecule has 1 heterocycles. The molecule has 0 bridgehead atoms. The van der Waals surface area contributed by atoms with E-state index in [1.165, 1.54) is 0 Å². The van der Waals surface area contributed by atoms with E-state index in [-0.39, 0.29) is 5.56 Å². The lowest BCUT2D eigenvalue weighted by Crippen LogP contribution is -2.18. The Balaban J connectivity index is 2.29. The maximum Gasteiger partial charge on any atom is 0.265 e. The summed E-state index contributed by atoms with van der Waals surface area (Å²) in [5, 5.41) is 0.644. The molecular weight excluding hydrogens is 304 g/mol. The first-order valence-corrected chi connectivity index (χ1v) is 6.69. The number of aromatic nitrogens is 2. The smallest absolute Gasteiger partial charge is 0.265 e. The van der Waals surface area contributed by atoms with Gasteiger partial charge in [0.25, 0.3) is 5.56 Å². The van der Waals surface area contributed by atoms with Crippen molar-refractivity contribution in [2.24, 2.45) is 0 Å². The van der Waals surface area contributed by atoms with Gasteiger partial charge >= 0.3 is 0 Å². The van der Waals surface area contributed by atoms with Crippen LogP contribution in [0.25, 0.3) is 16.6 Å². The van der Waals surface area contributed by atoms with Crippen LogP contribution in [0.1, 0.15) is 5.56 Å². The van der Waals surface area contributed by atoms with Gasteiger partial charge in [-0.1, -0.05) is 28.1 Å². The second-order valence-corrected chi connectivity index (χ2v) is 5.28. The van der Waals surface area contributed by atoms with Gasteiger partial charge in [-0.15, -0.1) is 0 Å². The Hall–Kier alpha value is -1.94. The highest BCUT2D eigenvalue weighted by molar-refractivity contribution is 9.10. The summed E-state index contributed by atoms with van der Waals surface area (Å²) in [5.41, 5.74) is 2.54. The molecule has 19 heavy (non-hydrogen) atoms. The lowest BCUT2D eigenvalue weighted by atomic mass is 10.1. The standard InChI is InChI=1S/C15H11BrN2O/c1-10-3-2-4-13-14(10)17-9-18(15(13)19)12-7-5-11(16)6-8-12/h2-9H,1H3. The van der Waals surface area contributed by atoms with Gasteiger partial charge in [0.1, 0.15) is 6.33 Å². The third-order valence-electron chi connectivity index (χ3n) is 3.09. The Morgan fingerprint density at radius 1 is 1.11 bits per heavy atom. The molecule has 0 N–H and O–H groups in total. The van der Waals surface area contributed by atoms with Crippen LogP contribution in [0, 0.1) is 6.92 Å². The highest BCUT2D eigenvalue weighted by Gasteiger charge is 2.06. The van der Waals surface area contributed by atoms with Gasteiger partial charge in [0.2, 0.25) is 0 Å². The zero-order chi connectivity index (χ0) is 13.4. The van der Waals surface area contributed by atoms with Gasteiger partial charge in [0, 0.05) is 4.47 Å². The van der Waals surface area contributed by atoms with Gasteiger partial charge in [-0.25, -0.2) is 4.98 Å². The van der Waals surface area contributed by atoms with Gasteiger partial charge < -0.3 is 0 Å². The van der Waals surface area contributed by atoms with Crippen LogP contribution in [0.4, 0.5) is 0 Å². The fourth-order valence-corrected chi connectivity index (χ4v) is 2.35. The maximum atomic E-state index is 12.5.